The average Bonchev–Trinajstić information content (AvgIpc) is 3.11. The van der Waals surface area contributed by atoms with Crippen LogP contribution in [-0.4, -0.2) is 42.3 Å². The fourth-order valence-corrected chi connectivity index (χ4v) is 6.04. The molecule has 0 fully saturated rings. The minimum absolute atomic E-state index is 0. The third-order valence-corrected chi connectivity index (χ3v) is 8.15. The van der Waals surface area contributed by atoms with Gasteiger partial charge in [-0.25, -0.2) is 0 Å². The van der Waals surface area contributed by atoms with E-state index in [1.54, 1.807) is 42.3 Å². The molecule has 1 heterocycles. The van der Waals surface area contributed by atoms with Gasteiger partial charge in [-0.15, -0.1) is 5.69 Å². The van der Waals surface area contributed by atoms with Crippen LogP contribution in [0.15, 0.2) is 121 Å². The van der Waals surface area contributed by atoms with E-state index in [0.717, 1.165) is 22.6 Å². The second kappa shape index (κ2) is 22.2. The summed E-state index contributed by atoms with van der Waals surface area (Å²) in [7, 11) is 15.2. The zero-order valence-electron chi connectivity index (χ0n) is 32.2. The van der Waals surface area contributed by atoms with Crippen molar-refractivity contribution in [3.63, 3.8) is 0 Å². The van der Waals surface area contributed by atoms with Gasteiger partial charge in [0, 0.05) is 12.6 Å². The zero-order valence-corrected chi connectivity index (χ0v) is 35.8. The van der Waals surface area contributed by atoms with Gasteiger partial charge in [0.2, 0.25) is 0 Å². The monoisotopic (exact) mass is 845 g/mol. The van der Waals surface area contributed by atoms with Crippen molar-refractivity contribution in [1.29, 1.82) is 0 Å². The summed E-state index contributed by atoms with van der Waals surface area (Å²) in [5, 5.41) is 21.0. The molecule has 1 atom stereocenters. The second-order valence-electron chi connectivity index (χ2n) is 12.8. The minimum Gasteiger partial charge on any atom is -0.679 e. The average molecular weight is 844 g/mol. The SMILES string of the molecule is C[N-]C.C[N-]C.C[N-]C.[CH2-][n+]1c(-c2c3ccccc3cc3ccccc23)cccc1C([N-]c1c(C(C)C)cccc1C(C)C)c1ccccc1.[Hf+4]. The summed E-state index contributed by atoms with van der Waals surface area (Å²) in [5.74, 6) is 0.730. The number of aromatic nitrogens is 1. The Morgan fingerprint density at radius 3 is 1.43 bits per heavy atom. The minimum atomic E-state index is -0.215. The number of nitrogens with zero attached hydrogens (tertiary/aromatic N) is 5. The fraction of sp³-hybridized carbons (Fsp3) is 0.289. The number of fused-ring (bicyclic) bond motifs is 2. The van der Waals surface area contributed by atoms with Crippen LogP contribution in [0.4, 0.5) is 5.69 Å². The smallest absolute Gasteiger partial charge is 0.679 e. The Morgan fingerprint density at radius 2 is 0.961 bits per heavy atom. The number of para-hydroxylation sites is 1. The predicted molar refractivity (Wildman–Crippen MR) is 219 cm³/mol. The molecule has 0 aliphatic rings. The Bertz CT molecular complexity index is 1820. The summed E-state index contributed by atoms with van der Waals surface area (Å²) in [6.07, 6.45) is 0. The van der Waals surface area contributed by atoms with Gasteiger partial charge in [0.15, 0.2) is 0 Å². The molecule has 5 aromatic carbocycles. The number of hydrogen-bond acceptors (Lipinski definition) is 0. The quantitative estimate of drug-likeness (QED) is 0.0665. The molecule has 6 heteroatoms. The van der Waals surface area contributed by atoms with Gasteiger partial charge in [0.25, 0.3) is 0 Å². The van der Waals surface area contributed by atoms with E-state index in [1.807, 2.05) is 0 Å². The van der Waals surface area contributed by atoms with E-state index in [9.17, 15) is 0 Å². The van der Waals surface area contributed by atoms with Crippen LogP contribution in [0.1, 0.15) is 68.0 Å². The molecule has 0 radical (unpaired) electrons. The second-order valence-corrected chi connectivity index (χ2v) is 12.8. The van der Waals surface area contributed by atoms with Crippen molar-refractivity contribution in [2.24, 2.45) is 0 Å². The van der Waals surface area contributed by atoms with Crippen LogP contribution in [-0.2, 0) is 25.8 Å². The molecule has 0 aliphatic heterocycles. The maximum Gasteiger partial charge on any atom is 4.00 e. The molecule has 0 N–H and O–H groups in total. The van der Waals surface area contributed by atoms with Crippen molar-refractivity contribution in [2.45, 2.75) is 45.6 Å². The van der Waals surface area contributed by atoms with E-state index in [-0.39, 0.29) is 31.9 Å². The Hall–Kier alpha value is -3.81. The molecule has 0 amide bonds. The standard InChI is InChI=1S/C39H37N2.3C2H6N.Hf/c1-26(2)31-21-13-22-32(27(3)4)39(31)40-38(28-15-7-6-8-16-28)36-24-14-23-35(41(36)5)37-33-19-11-9-17-29(33)25-30-18-10-12-20-34(30)37;3*1-3-2;/h6-27,38H,5H2,1-4H3;3*1-2H3;/q4*-1;+4. The van der Waals surface area contributed by atoms with Crippen LogP contribution < -0.4 is 4.57 Å². The summed E-state index contributed by atoms with van der Waals surface area (Å²) >= 11 is 0. The predicted octanol–water partition coefficient (Wildman–Crippen LogP) is 12.5. The Balaban J connectivity index is 0.000000819. The summed E-state index contributed by atoms with van der Waals surface area (Å²) in [5.41, 5.74) is 8.15. The normalized spacial score (nSPS) is 11.0. The van der Waals surface area contributed by atoms with Crippen LogP contribution in [0.5, 0.6) is 0 Å². The van der Waals surface area contributed by atoms with E-state index in [1.165, 1.54) is 38.2 Å². The van der Waals surface area contributed by atoms with Gasteiger partial charge in [-0.3, -0.25) is 0 Å². The van der Waals surface area contributed by atoms with E-state index in [4.69, 9.17) is 5.32 Å². The molecule has 6 rings (SSSR count). The Kier molecular flexibility index (Phi) is 18.9. The molecular weight excluding hydrogens is 789 g/mol. The molecule has 5 nitrogen and oxygen atoms in total. The Morgan fingerprint density at radius 1 is 0.529 bits per heavy atom. The van der Waals surface area contributed by atoms with Gasteiger partial charge in [-0.1, -0.05) is 160 Å². The Labute approximate surface area is 327 Å². The first-order chi connectivity index (χ1) is 24.2. The van der Waals surface area contributed by atoms with Gasteiger partial charge in [-0.2, -0.15) is 42.3 Å². The number of benzene rings is 5. The van der Waals surface area contributed by atoms with Crippen molar-refractivity contribution in [3.8, 4) is 11.3 Å². The first kappa shape index (κ1) is 43.4. The topological polar surface area (TPSA) is 60.3 Å². The first-order valence-electron chi connectivity index (χ1n) is 17.3. The first-order valence-corrected chi connectivity index (χ1v) is 17.3. The number of rotatable bonds is 7. The van der Waals surface area contributed by atoms with Gasteiger partial charge < -0.3 is 25.8 Å². The van der Waals surface area contributed by atoms with E-state index >= 15 is 0 Å². The van der Waals surface area contributed by atoms with Crippen molar-refractivity contribution in [2.75, 3.05) is 42.3 Å². The van der Waals surface area contributed by atoms with Crippen molar-refractivity contribution < 1.29 is 30.4 Å². The van der Waals surface area contributed by atoms with Crippen molar-refractivity contribution >= 4 is 27.2 Å². The molecule has 1 aromatic heterocycles. The molecule has 51 heavy (non-hydrogen) atoms. The summed E-state index contributed by atoms with van der Waals surface area (Å²) in [4.78, 5) is 0. The van der Waals surface area contributed by atoms with Crippen LogP contribution in [0.3, 0.4) is 0 Å². The molecule has 0 bridgehead atoms. The van der Waals surface area contributed by atoms with Crippen LogP contribution in [0.2, 0.25) is 0 Å². The fourth-order valence-electron chi connectivity index (χ4n) is 6.04. The molecule has 1 unspecified atom stereocenters. The molecule has 6 aromatic rings. The maximum absolute atomic E-state index is 5.60. The largest absolute Gasteiger partial charge is 4.00 e. The molecule has 0 saturated carbocycles. The molecule has 0 saturated heterocycles. The van der Waals surface area contributed by atoms with Gasteiger partial charge in [-0.05, 0) is 45.5 Å². The van der Waals surface area contributed by atoms with Gasteiger partial charge in [0.1, 0.15) is 5.69 Å². The van der Waals surface area contributed by atoms with Crippen LogP contribution >= 0.6 is 0 Å². The van der Waals surface area contributed by atoms with E-state index in [0.29, 0.717) is 11.8 Å². The third kappa shape index (κ3) is 11.1. The number of hydrogen-bond donors (Lipinski definition) is 0. The molecule has 0 aliphatic carbocycles. The molecular formula is C45H55HfN5. The summed E-state index contributed by atoms with van der Waals surface area (Å²) in [6, 6.07) is 43.2. The molecule has 0 spiro atoms. The number of pyridine rings is 1. The van der Waals surface area contributed by atoms with Crippen molar-refractivity contribution in [3.05, 3.63) is 172 Å². The molecule has 264 valence electrons. The summed E-state index contributed by atoms with van der Waals surface area (Å²) in [6.45, 7) is 9.02. The van der Waals surface area contributed by atoms with E-state index < -0.39 is 0 Å². The maximum atomic E-state index is 5.60. The summed E-state index contributed by atoms with van der Waals surface area (Å²) < 4.78 is 2.11. The van der Waals surface area contributed by atoms with Crippen molar-refractivity contribution in [1.82, 2.24) is 0 Å². The third-order valence-electron chi connectivity index (χ3n) is 8.15. The van der Waals surface area contributed by atoms with E-state index in [2.05, 4.69) is 177 Å². The zero-order chi connectivity index (χ0) is 36.6. The van der Waals surface area contributed by atoms with Crippen LogP contribution in [0, 0.1) is 7.05 Å². The van der Waals surface area contributed by atoms with Crippen LogP contribution in [0.25, 0.3) is 54.1 Å². The van der Waals surface area contributed by atoms with Gasteiger partial charge in [0.05, 0.1) is 5.69 Å². The van der Waals surface area contributed by atoms with Gasteiger partial charge >= 0.3 is 25.8 Å².